The smallest absolute Gasteiger partial charge is 0.192 e. The molecule has 0 unspecified atom stereocenters. The number of ether oxygens (including phenoxy) is 8. The second kappa shape index (κ2) is 20.9. The van der Waals surface area contributed by atoms with Crippen molar-refractivity contribution >= 4 is 8.32 Å². The largest absolute Gasteiger partial charge is 0.497 e. The Morgan fingerprint density at radius 1 is 0.750 bits per heavy atom. The van der Waals surface area contributed by atoms with E-state index in [1.807, 2.05) is 36.4 Å². The average Bonchev–Trinajstić information content (AvgIpc) is 3.26. The Hall–Kier alpha value is -2.32. The van der Waals surface area contributed by atoms with Gasteiger partial charge in [-0.1, -0.05) is 71.0 Å². The van der Waals surface area contributed by atoms with Crippen LogP contribution in [0.3, 0.4) is 0 Å². The standard InChI is InChI=1S/C49H76O10Si/c1-33-27-43(54-32-36-17-21-38(52-8)22-18-36)40(24-26-53-31-35-15-19-37(51-7)20-16-35)56-46-29-44-45(58-49(46,6)30-33)28-34(2)47-42(55-44)14-12-11-13-41(39(57-47)23-25-50)59-60(9,10)48(3,4)5/h11-12,15-22,33-34,39-47,50H,13-14,23-32H2,1-10H3/b12-11-/t33-,34+,39+,40-,41-,42+,43+,44-,45+,46+,47-,49-/m1/s1. The first kappa shape index (κ1) is 47.2. The molecule has 0 spiro atoms. The monoisotopic (exact) mass is 853 g/mol. The van der Waals surface area contributed by atoms with Gasteiger partial charge in [0, 0.05) is 19.6 Å². The summed E-state index contributed by atoms with van der Waals surface area (Å²) in [5.74, 6) is 2.15. The molecule has 6 rings (SSSR count). The summed E-state index contributed by atoms with van der Waals surface area (Å²) in [4.78, 5) is 0. The number of benzene rings is 2. The minimum Gasteiger partial charge on any atom is -0.497 e. The predicted molar refractivity (Wildman–Crippen MR) is 237 cm³/mol. The molecular formula is C49H76O10Si. The molecule has 0 bridgehead atoms. The summed E-state index contributed by atoms with van der Waals surface area (Å²) in [6.45, 7) is 19.8. The van der Waals surface area contributed by atoms with Crippen LogP contribution in [0, 0.1) is 11.8 Å². The van der Waals surface area contributed by atoms with Crippen LogP contribution < -0.4 is 9.47 Å². The molecule has 2 aromatic carbocycles. The summed E-state index contributed by atoms with van der Waals surface area (Å²) < 4.78 is 59.8. The molecule has 1 N–H and O–H groups in total. The van der Waals surface area contributed by atoms with Gasteiger partial charge >= 0.3 is 0 Å². The first-order valence-electron chi connectivity index (χ1n) is 22.6. The molecule has 4 heterocycles. The molecular weight excluding hydrogens is 777 g/mol. The van der Waals surface area contributed by atoms with Crippen LogP contribution in [0.15, 0.2) is 60.7 Å². The van der Waals surface area contributed by atoms with Crippen LogP contribution in [0.1, 0.15) is 104 Å². The zero-order valence-corrected chi connectivity index (χ0v) is 39.2. The third kappa shape index (κ3) is 12.0. The van der Waals surface area contributed by atoms with Crippen molar-refractivity contribution in [3.05, 3.63) is 71.8 Å². The van der Waals surface area contributed by atoms with Crippen molar-refractivity contribution in [2.45, 2.75) is 185 Å². The highest BCUT2D eigenvalue weighted by Crippen LogP contribution is 2.46. The minimum absolute atomic E-state index is 0.0424. The number of aliphatic hydroxyl groups excluding tert-OH is 1. The normalized spacial score (nSPS) is 34.5. The molecule has 0 saturated carbocycles. The van der Waals surface area contributed by atoms with Gasteiger partial charge in [-0.15, -0.1) is 0 Å². The van der Waals surface area contributed by atoms with Gasteiger partial charge in [-0.05, 0) is 117 Å². The number of hydrogen-bond donors (Lipinski definition) is 1. The lowest BCUT2D eigenvalue weighted by molar-refractivity contribution is -0.276. The molecule has 3 fully saturated rings. The van der Waals surface area contributed by atoms with Gasteiger partial charge in [0.1, 0.15) is 11.5 Å². The van der Waals surface area contributed by atoms with Crippen molar-refractivity contribution in [2.75, 3.05) is 27.4 Å². The van der Waals surface area contributed by atoms with E-state index in [0.717, 1.165) is 61.2 Å². The first-order chi connectivity index (χ1) is 28.6. The Morgan fingerprint density at radius 2 is 1.38 bits per heavy atom. The maximum absolute atomic E-state index is 10.3. The van der Waals surface area contributed by atoms with Gasteiger partial charge in [0.25, 0.3) is 0 Å². The zero-order chi connectivity index (χ0) is 43.1. The number of hydrogen-bond acceptors (Lipinski definition) is 10. The topological polar surface area (TPSA) is 103 Å². The Morgan fingerprint density at radius 3 is 2.02 bits per heavy atom. The van der Waals surface area contributed by atoms with Crippen molar-refractivity contribution < 1.29 is 47.4 Å². The molecule has 4 aliphatic rings. The van der Waals surface area contributed by atoms with Gasteiger partial charge in [-0.25, -0.2) is 0 Å². The molecule has 60 heavy (non-hydrogen) atoms. The van der Waals surface area contributed by atoms with Crippen LogP contribution in [-0.2, 0) is 46.1 Å². The van der Waals surface area contributed by atoms with E-state index in [0.29, 0.717) is 38.6 Å². The van der Waals surface area contributed by atoms with Crippen LogP contribution in [0.2, 0.25) is 18.1 Å². The Labute approximate surface area is 362 Å². The molecule has 0 aromatic heterocycles. The first-order valence-corrected chi connectivity index (χ1v) is 25.5. The summed E-state index contributed by atoms with van der Waals surface area (Å²) in [6.07, 6.45) is 8.92. The second-order valence-corrected chi connectivity index (χ2v) is 24.5. The Kier molecular flexibility index (Phi) is 16.4. The molecule has 11 heteroatoms. The summed E-state index contributed by atoms with van der Waals surface area (Å²) in [7, 11) is 1.25. The quantitative estimate of drug-likeness (QED) is 0.112. The van der Waals surface area contributed by atoms with E-state index in [4.69, 9.17) is 42.3 Å². The molecule has 3 saturated heterocycles. The number of aliphatic hydroxyl groups is 1. The van der Waals surface area contributed by atoms with E-state index in [9.17, 15) is 5.11 Å². The van der Waals surface area contributed by atoms with E-state index in [1.54, 1.807) is 14.2 Å². The van der Waals surface area contributed by atoms with Gasteiger partial charge in [0.2, 0.25) is 0 Å². The summed E-state index contributed by atoms with van der Waals surface area (Å²) in [6, 6.07) is 16.1. The maximum atomic E-state index is 10.3. The van der Waals surface area contributed by atoms with E-state index < -0.39 is 13.9 Å². The van der Waals surface area contributed by atoms with Crippen molar-refractivity contribution in [3.63, 3.8) is 0 Å². The van der Waals surface area contributed by atoms with Crippen LogP contribution in [0.25, 0.3) is 0 Å². The van der Waals surface area contributed by atoms with E-state index in [-0.39, 0.29) is 72.5 Å². The number of rotatable bonds is 14. The van der Waals surface area contributed by atoms with Crippen LogP contribution in [0.4, 0.5) is 0 Å². The fourth-order valence-corrected chi connectivity index (χ4v) is 10.8. The zero-order valence-electron chi connectivity index (χ0n) is 38.2. The van der Waals surface area contributed by atoms with Crippen LogP contribution in [0.5, 0.6) is 11.5 Å². The third-order valence-electron chi connectivity index (χ3n) is 13.9. The molecule has 0 aliphatic carbocycles. The van der Waals surface area contributed by atoms with E-state index >= 15 is 0 Å². The van der Waals surface area contributed by atoms with Crippen molar-refractivity contribution in [1.29, 1.82) is 0 Å². The predicted octanol–water partition coefficient (Wildman–Crippen LogP) is 9.60. The fourth-order valence-electron chi connectivity index (χ4n) is 9.46. The highest BCUT2D eigenvalue weighted by Gasteiger charge is 2.53. The molecule has 10 nitrogen and oxygen atoms in total. The molecule has 2 aromatic rings. The molecule has 336 valence electrons. The molecule has 0 radical (unpaired) electrons. The SMILES string of the molecule is COc1ccc(COCC[C@H]2O[C@H]3C[C@H]4O[C@H]5C/C=C\C[C@@H](O[Si](C)(C)C(C)(C)C)[C@H](CCO)O[C@@H]5[C@@H](C)C[C@@H]4O[C@]3(C)C[C@H](C)C[C@@H]2OCc2ccc(OC)cc2)cc1. The number of fused-ring (bicyclic) bond motifs is 3. The summed E-state index contributed by atoms with van der Waals surface area (Å²) in [5.41, 5.74) is 1.68. The highest BCUT2D eigenvalue weighted by molar-refractivity contribution is 6.74. The molecule has 0 amide bonds. The summed E-state index contributed by atoms with van der Waals surface area (Å²) >= 11 is 0. The average molecular weight is 853 g/mol. The third-order valence-corrected chi connectivity index (χ3v) is 18.4. The second-order valence-electron chi connectivity index (χ2n) is 19.7. The maximum Gasteiger partial charge on any atom is 0.192 e. The number of methoxy groups -OCH3 is 2. The van der Waals surface area contributed by atoms with Crippen LogP contribution >= 0.6 is 0 Å². The Bertz CT molecular complexity index is 1630. The van der Waals surface area contributed by atoms with Gasteiger partial charge in [-0.3, -0.25) is 0 Å². The van der Waals surface area contributed by atoms with Gasteiger partial charge in [-0.2, -0.15) is 0 Å². The molecule has 4 aliphatic heterocycles. The minimum atomic E-state index is -2.11. The van der Waals surface area contributed by atoms with Crippen molar-refractivity contribution in [2.24, 2.45) is 11.8 Å². The van der Waals surface area contributed by atoms with Gasteiger partial charge < -0.3 is 47.4 Å². The van der Waals surface area contributed by atoms with Gasteiger partial charge in [0.05, 0.1) is 88.0 Å². The van der Waals surface area contributed by atoms with Crippen molar-refractivity contribution in [3.8, 4) is 11.5 Å². The lowest BCUT2D eigenvalue weighted by Gasteiger charge is -2.51. The van der Waals surface area contributed by atoms with E-state index in [2.05, 4.69) is 78.9 Å². The van der Waals surface area contributed by atoms with E-state index in [1.165, 1.54) is 0 Å². The van der Waals surface area contributed by atoms with Crippen LogP contribution in [-0.4, -0.2) is 101 Å². The van der Waals surface area contributed by atoms with Crippen molar-refractivity contribution in [1.82, 2.24) is 0 Å². The lowest BCUT2D eigenvalue weighted by Crippen LogP contribution is -2.59. The Balaban J connectivity index is 1.20. The molecule has 12 atom stereocenters. The van der Waals surface area contributed by atoms with Gasteiger partial charge in [0.15, 0.2) is 8.32 Å². The summed E-state index contributed by atoms with van der Waals surface area (Å²) in [5, 5.41) is 10.3. The fraction of sp³-hybridized carbons (Fsp3) is 0.714. The highest BCUT2D eigenvalue weighted by atomic mass is 28.4. The lowest BCUT2D eigenvalue weighted by atomic mass is 9.77.